The van der Waals surface area contributed by atoms with E-state index in [0.29, 0.717) is 6.61 Å². The SMILES string of the molecule is C#CC1(c2cccc(COC)c2)CC1. The highest BCUT2D eigenvalue weighted by Gasteiger charge is 2.42. The lowest BCUT2D eigenvalue weighted by molar-refractivity contribution is 0.185. The normalized spacial score (nSPS) is 17.4. The van der Waals surface area contributed by atoms with Crippen molar-refractivity contribution in [3.63, 3.8) is 0 Å². The van der Waals surface area contributed by atoms with Crippen molar-refractivity contribution in [1.82, 2.24) is 0 Å². The highest BCUT2D eigenvalue weighted by atomic mass is 16.5. The first-order valence-electron chi connectivity index (χ1n) is 4.87. The third-order valence-electron chi connectivity index (χ3n) is 2.82. The summed E-state index contributed by atoms with van der Waals surface area (Å²) in [6.07, 6.45) is 7.79. The largest absolute Gasteiger partial charge is 0.380 e. The zero-order valence-corrected chi connectivity index (χ0v) is 8.42. The van der Waals surface area contributed by atoms with Crippen LogP contribution in [-0.4, -0.2) is 7.11 Å². The maximum Gasteiger partial charge on any atom is 0.0713 e. The molecule has 1 saturated carbocycles. The Labute approximate surface area is 85.1 Å². The van der Waals surface area contributed by atoms with Crippen LogP contribution < -0.4 is 0 Å². The summed E-state index contributed by atoms with van der Waals surface area (Å²) in [6.45, 7) is 0.661. The first kappa shape index (κ1) is 9.30. The summed E-state index contributed by atoms with van der Waals surface area (Å²) in [5.74, 6) is 2.90. The minimum Gasteiger partial charge on any atom is -0.380 e. The predicted molar refractivity (Wildman–Crippen MR) is 56.9 cm³/mol. The molecule has 0 spiro atoms. The Balaban J connectivity index is 2.27. The molecule has 0 amide bonds. The van der Waals surface area contributed by atoms with Crippen LogP contribution in [0.1, 0.15) is 24.0 Å². The summed E-state index contributed by atoms with van der Waals surface area (Å²) >= 11 is 0. The molecule has 0 unspecified atom stereocenters. The molecule has 72 valence electrons. The van der Waals surface area contributed by atoms with E-state index in [1.807, 2.05) is 0 Å². The van der Waals surface area contributed by atoms with Gasteiger partial charge in [-0.05, 0) is 24.0 Å². The van der Waals surface area contributed by atoms with Crippen molar-refractivity contribution in [3.8, 4) is 12.3 Å². The van der Waals surface area contributed by atoms with Gasteiger partial charge in [-0.15, -0.1) is 6.42 Å². The van der Waals surface area contributed by atoms with Crippen molar-refractivity contribution in [3.05, 3.63) is 35.4 Å². The number of benzene rings is 1. The number of ether oxygens (including phenoxy) is 1. The first-order valence-corrected chi connectivity index (χ1v) is 4.87. The average Bonchev–Trinajstić information content (AvgIpc) is 2.99. The molecule has 1 heteroatoms. The molecule has 1 nitrogen and oxygen atoms in total. The van der Waals surface area contributed by atoms with E-state index in [-0.39, 0.29) is 5.41 Å². The highest BCUT2D eigenvalue weighted by Crippen LogP contribution is 2.47. The topological polar surface area (TPSA) is 9.23 Å². The van der Waals surface area contributed by atoms with E-state index >= 15 is 0 Å². The molecule has 14 heavy (non-hydrogen) atoms. The molecule has 1 aliphatic rings. The van der Waals surface area contributed by atoms with Crippen molar-refractivity contribution < 1.29 is 4.74 Å². The van der Waals surface area contributed by atoms with Gasteiger partial charge in [0.1, 0.15) is 0 Å². The van der Waals surface area contributed by atoms with Crippen LogP contribution in [0, 0.1) is 12.3 Å². The van der Waals surface area contributed by atoms with Crippen LogP contribution in [0.15, 0.2) is 24.3 Å². The minimum absolute atomic E-state index is 0.0454. The van der Waals surface area contributed by atoms with Crippen molar-refractivity contribution in [1.29, 1.82) is 0 Å². The number of terminal acetylenes is 1. The molecule has 0 bridgehead atoms. The zero-order valence-electron chi connectivity index (χ0n) is 8.42. The van der Waals surface area contributed by atoms with Crippen LogP contribution in [0.2, 0.25) is 0 Å². The maximum atomic E-state index is 5.54. The Morgan fingerprint density at radius 1 is 1.50 bits per heavy atom. The summed E-state index contributed by atoms with van der Waals surface area (Å²) in [4.78, 5) is 0. The summed E-state index contributed by atoms with van der Waals surface area (Å²) in [7, 11) is 1.71. The Kier molecular flexibility index (Phi) is 2.31. The third-order valence-corrected chi connectivity index (χ3v) is 2.82. The van der Waals surface area contributed by atoms with Gasteiger partial charge < -0.3 is 4.74 Å². The molecule has 1 aromatic rings. The maximum absolute atomic E-state index is 5.54. The molecule has 0 N–H and O–H groups in total. The fraction of sp³-hybridized carbons (Fsp3) is 0.385. The van der Waals surface area contributed by atoms with Gasteiger partial charge in [0.05, 0.1) is 12.0 Å². The van der Waals surface area contributed by atoms with Gasteiger partial charge in [0.15, 0.2) is 0 Å². The van der Waals surface area contributed by atoms with Crippen LogP contribution >= 0.6 is 0 Å². The van der Waals surface area contributed by atoms with E-state index in [2.05, 4.69) is 30.2 Å². The Morgan fingerprint density at radius 2 is 2.29 bits per heavy atom. The second-order valence-electron chi connectivity index (χ2n) is 3.86. The van der Waals surface area contributed by atoms with Crippen LogP contribution in [-0.2, 0) is 16.8 Å². The summed E-state index contributed by atoms with van der Waals surface area (Å²) in [5.41, 5.74) is 2.52. The molecule has 1 aliphatic carbocycles. The highest BCUT2D eigenvalue weighted by molar-refractivity contribution is 5.42. The van der Waals surface area contributed by atoms with Crippen LogP contribution in [0.5, 0.6) is 0 Å². The summed E-state index contributed by atoms with van der Waals surface area (Å²) < 4.78 is 5.10. The van der Waals surface area contributed by atoms with Gasteiger partial charge in [-0.3, -0.25) is 0 Å². The lowest BCUT2D eigenvalue weighted by Gasteiger charge is -2.09. The first-order chi connectivity index (χ1) is 6.80. The summed E-state index contributed by atoms with van der Waals surface area (Å²) in [5, 5.41) is 0. The minimum atomic E-state index is 0.0454. The average molecular weight is 186 g/mol. The zero-order chi connectivity index (χ0) is 10.0. The van der Waals surface area contributed by atoms with Crippen LogP contribution in [0.3, 0.4) is 0 Å². The van der Waals surface area contributed by atoms with Gasteiger partial charge in [-0.1, -0.05) is 30.2 Å². The molecule has 0 saturated heterocycles. The monoisotopic (exact) mass is 186 g/mol. The number of methoxy groups -OCH3 is 1. The molecule has 0 heterocycles. The standard InChI is InChI=1S/C13H14O/c1-3-13(7-8-13)12-6-4-5-11(9-12)10-14-2/h1,4-6,9H,7-8,10H2,2H3. The second-order valence-corrected chi connectivity index (χ2v) is 3.86. The molecule has 0 aliphatic heterocycles. The predicted octanol–water partition coefficient (Wildman–Crippen LogP) is 2.50. The van der Waals surface area contributed by atoms with E-state index < -0.39 is 0 Å². The molecular weight excluding hydrogens is 172 g/mol. The van der Waals surface area contributed by atoms with Crippen LogP contribution in [0.4, 0.5) is 0 Å². The van der Waals surface area contributed by atoms with E-state index in [0.717, 1.165) is 12.8 Å². The fourth-order valence-corrected chi connectivity index (χ4v) is 1.77. The molecule has 1 fully saturated rings. The van der Waals surface area contributed by atoms with Crippen molar-refractivity contribution in [2.24, 2.45) is 0 Å². The van der Waals surface area contributed by atoms with Gasteiger partial charge in [0.25, 0.3) is 0 Å². The van der Waals surface area contributed by atoms with Crippen molar-refractivity contribution >= 4 is 0 Å². The lowest BCUT2D eigenvalue weighted by Crippen LogP contribution is -2.03. The Morgan fingerprint density at radius 3 is 2.86 bits per heavy atom. The van der Waals surface area contributed by atoms with E-state index in [4.69, 9.17) is 11.2 Å². The van der Waals surface area contributed by atoms with E-state index in [1.165, 1.54) is 11.1 Å². The van der Waals surface area contributed by atoms with Gasteiger partial charge in [0.2, 0.25) is 0 Å². The second kappa shape index (κ2) is 3.48. The quantitative estimate of drug-likeness (QED) is 0.659. The molecule has 2 rings (SSSR count). The number of hydrogen-bond donors (Lipinski definition) is 0. The molecule has 0 aromatic heterocycles. The number of rotatable bonds is 3. The van der Waals surface area contributed by atoms with Gasteiger partial charge in [0, 0.05) is 7.11 Å². The van der Waals surface area contributed by atoms with Crippen LogP contribution in [0.25, 0.3) is 0 Å². The fourth-order valence-electron chi connectivity index (χ4n) is 1.77. The third kappa shape index (κ3) is 1.54. The molecule has 0 radical (unpaired) electrons. The van der Waals surface area contributed by atoms with Gasteiger partial charge in [-0.2, -0.15) is 0 Å². The Hall–Kier alpha value is -1.26. The van der Waals surface area contributed by atoms with Gasteiger partial charge >= 0.3 is 0 Å². The van der Waals surface area contributed by atoms with E-state index in [9.17, 15) is 0 Å². The van der Waals surface area contributed by atoms with Crippen molar-refractivity contribution in [2.45, 2.75) is 24.9 Å². The Bertz CT molecular complexity index is 369. The summed E-state index contributed by atoms with van der Waals surface area (Å²) in [6, 6.07) is 8.41. The smallest absolute Gasteiger partial charge is 0.0713 e. The molecule has 0 atom stereocenters. The number of hydrogen-bond acceptors (Lipinski definition) is 1. The molecular formula is C13H14O. The van der Waals surface area contributed by atoms with Gasteiger partial charge in [-0.25, -0.2) is 0 Å². The van der Waals surface area contributed by atoms with E-state index in [1.54, 1.807) is 7.11 Å². The molecule has 1 aromatic carbocycles. The van der Waals surface area contributed by atoms with Crippen molar-refractivity contribution in [2.75, 3.05) is 7.11 Å². The lowest BCUT2D eigenvalue weighted by atomic mass is 9.95.